The standard InChI is InChI=1S/C18H21N3O3S/c1-18(14-5-4-6-15(9-14)24-3)16(22)21(17(23)19-18)12-20(2)10-13-7-8-25-11-13/h4-9,11H,10,12H2,1-3H3,(H,19,23)/p+1/t18-/m1/s1. The number of hydrogen-bond donors (Lipinski definition) is 2. The molecule has 0 spiro atoms. The maximum atomic E-state index is 13.0. The number of hydrogen-bond acceptors (Lipinski definition) is 4. The molecule has 25 heavy (non-hydrogen) atoms. The van der Waals surface area contributed by atoms with Gasteiger partial charge in [0.25, 0.3) is 5.91 Å². The minimum absolute atomic E-state index is 0.240. The van der Waals surface area contributed by atoms with E-state index in [0.29, 0.717) is 18.0 Å². The van der Waals surface area contributed by atoms with Crippen LogP contribution in [0.15, 0.2) is 41.1 Å². The molecule has 1 aliphatic heterocycles. The Morgan fingerprint density at radius 2 is 2.12 bits per heavy atom. The van der Waals surface area contributed by atoms with Gasteiger partial charge in [0.1, 0.15) is 17.8 Å². The number of imide groups is 1. The predicted octanol–water partition coefficient (Wildman–Crippen LogP) is 1.20. The average molecular weight is 360 g/mol. The van der Waals surface area contributed by atoms with Gasteiger partial charge in [-0.1, -0.05) is 12.1 Å². The highest BCUT2D eigenvalue weighted by Gasteiger charge is 2.50. The molecule has 1 aromatic carbocycles. The Morgan fingerprint density at radius 1 is 1.32 bits per heavy atom. The van der Waals surface area contributed by atoms with E-state index in [1.807, 2.05) is 30.6 Å². The van der Waals surface area contributed by atoms with Crippen molar-refractivity contribution in [3.63, 3.8) is 0 Å². The lowest BCUT2D eigenvalue weighted by Gasteiger charge is -2.23. The molecule has 132 valence electrons. The molecule has 1 saturated heterocycles. The fourth-order valence-electron chi connectivity index (χ4n) is 3.04. The number of amides is 3. The number of quaternary nitrogens is 1. The van der Waals surface area contributed by atoms with Gasteiger partial charge in [0.2, 0.25) is 0 Å². The zero-order valence-electron chi connectivity index (χ0n) is 14.5. The van der Waals surface area contributed by atoms with Crippen molar-refractivity contribution in [2.45, 2.75) is 19.0 Å². The van der Waals surface area contributed by atoms with E-state index in [4.69, 9.17) is 4.74 Å². The van der Waals surface area contributed by atoms with E-state index in [2.05, 4.69) is 16.8 Å². The lowest BCUT2D eigenvalue weighted by Crippen LogP contribution is -3.09. The number of methoxy groups -OCH3 is 1. The Labute approximate surface area is 151 Å². The molecule has 2 N–H and O–H groups in total. The minimum atomic E-state index is -1.08. The van der Waals surface area contributed by atoms with Crippen molar-refractivity contribution in [1.82, 2.24) is 10.2 Å². The van der Waals surface area contributed by atoms with Crippen LogP contribution in [0.3, 0.4) is 0 Å². The third kappa shape index (κ3) is 3.38. The number of nitrogens with one attached hydrogen (secondary N) is 2. The number of carbonyl (C=O) groups is 2. The Hall–Kier alpha value is -2.38. The molecule has 1 unspecified atom stereocenters. The summed E-state index contributed by atoms with van der Waals surface area (Å²) in [6.45, 7) is 2.81. The summed E-state index contributed by atoms with van der Waals surface area (Å²) < 4.78 is 5.23. The molecular formula is C18H22N3O3S+. The number of thiophene rings is 1. The molecule has 2 heterocycles. The molecule has 1 aliphatic rings. The Bertz CT molecular complexity index is 778. The molecule has 0 bridgehead atoms. The molecule has 0 radical (unpaired) electrons. The highest BCUT2D eigenvalue weighted by atomic mass is 32.1. The second kappa shape index (κ2) is 6.85. The molecule has 1 aromatic heterocycles. The Morgan fingerprint density at radius 3 is 2.80 bits per heavy atom. The minimum Gasteiger partial charge on any atom is -0.497 e. The third-order valence-corrected chi connectivity index (χ3v) is 5.17. The monoisotopic (exact) mass is 360 g/mol. The molecule has 7 heteroatoms. The molecular weight excluding hydrogens is 338 g/mol. The number of benzene rings is 1. The molecule has 3 amide bonds. The average Bonchev–Trinajstić information content (AvgIpc) is 3.18. The van der Waals surface area contributed by atoms with Crippen molar-refractivity contribution < 1.29 is 19.2 Å². The molecule has 0 aliphatic carbocycles. The van der Waals surface area contributed by atoms with E-state index in [1.165, 1.54) is 10.5 Å². The van der Waals surface area contributed by atoms with E-state index < -0.39 is 5.54 Å². The lowest BCUT2D eigenvalue weighted by atomic mass is 9.92. The summed E-state index contributed by atoms with van der Waals surface area (Å²) in [5.74, 6) is 0.412. The number of urea groups is 1. The fourth-order valence-corrected chi connectivity index (χ4v) is 3.71. The zero-order valence-corrected chi connectivity index (χ0v) is 15.4. The van der Waals surface area contributed by atoms with E-state index in [9.17, 15) is 9.59 Å². The van der Waals surface area contributed by atoms with Gasteiger partial charge in [-0.25, -0.2) is 9.69 Å². The van der Waals surface area contributed by atoms with Gasteiger partial charge < -0.3 is 15.0 Å². The van der Waals surface area contributed by atoms with Crippen LogP contribution in [0.5, 0.6) is 5.75 Å². The van der Waals surface area contributed by atoms with Crippen molar-refractivity contribution in [1.29, 1.82) is 0 Å². The van der Waals surface area contributed by atoms with Crippen molar-refractivity contribution in [2.75, 3.05) is 20.8 Å². The quantitative estimate of drug-likeness (QED) is 0.761. The van der Waals surface area contributed by atoms with Crippen LogP contribution in [0.25, 0.3) is 0 Å². The van der Waals surface area contributed by atoms with E-state index in [1.54, 1.807) is 31.4 Å². The van der Waals surface area contributed by atoms with Gasteiger partial charge in [0.15, 0.2) is 6.67 Å². The normalized spacial score (nSPS) is 21.3. The lowest BCUT2D eigenvalue weighted by molar-refractivity contribution is -0.901. The second-order valence-corrected chi connectivity index (χ2v) is 7.22. The predicted molar refractivity (Wildman–Crippen MR) is 95.5 cm³/mol. The Balaban J connectivity index is 1.77. The molecule has 2 atom stereocenters. The number of nitrogens with zero attached hydrogens (tertiary/aromatic N) is 1. The summed E-state index contributed by atoms with van der Waals surface area (Å²) in [4.78, 5) is 27.7. The van der Waals surface area contributed by atoms with Gasteiger partial charge in [0, 0.05) is 5.56 Å². The first kappa shape index (κ1) is 17.4. The largest absolute Gasteiger partial charge is 0.497 e. The van der Waals surface area contributed by atoms with Crippen LogP contribution < -0.4 is 15.0 Å². The summed E-state index contributed by atoms with van der Waals surface area (Å²) in [5, 5.41) is 6.94. The maximum absolute atomic E-state index is 13.0. The highest BCUT2D eigenvalue weighted by Crippen LogP contribution is 2.30. The van der Waals surface area contributed by atoms with Crippen LogP contribution in [-0.2, 0) is 16.9 Å². The third-order valence-electron chi connectivity index (χ3n) is 4.44. The van der Waals surface area contributed by atoms with Crippen molar-refractivity contribution in [3.8, 4) is 5.75 Å². The van der Waals surface area contributed by atoms with Gasteiger partial charge >= 0.3 is 6.03 Å². The second-order valence-electron chi connectivity index (χ2n) is 6.44. The van der Waals surface area contributed by atoms with Gasteiger partial charge in [-0.05, 0) is 41.4 Å². The van der Waals surface area contributed by atoms with Gasteiger partial charge in [-0.2, -0.15) is 11.3 Å². The maximum Gasteiger partial charge on any atom is 0.329 e. The summed E-state index contributed by atoms with van der Waals surface area (Å²) in [6, 6.07) is 8.93. The Kier molecular flexibility index (Phi) is 4.78. The first-order valence-corrected chi connectivity index (χ1v) is 8.99. The summed E-state index contributed by atoms with van der Waals surface area (Å²) in [6.07, 6.45) is 0. The fraction of sp³-hybridized carbons (Fsp3) is 0.333. The zero-order chi connectivity index (χ0) is 18.0. The SMILES string of the molecule is COc1cccc([C@@]2(C)NC(=O)N(C[NH+](C)Cc3ccsc3)C2=O)c1. The highest BCUT2D eigenvalue weighted by molar-refractivity contribution is 7.07. The van der Waals surface area contributed by atoms with Crippen molar-refractivity contribution >= 4 is 23.3 Å². The first-order chi connectivity index (χ1) is 11.9. The molecule has 6 nitrogen and oxygen atoms in total. The van der Waals surface area contributed by atoms with E-state index >= 15 is 0 Å². The van der Waals surface area contributed by atoms with Crippen LogP contribution >= 0.6 is 11.3 Å². The van der Waals surface area contributed by atoms with E-state index in [0.717, 1.165) is 11.4 Å². The van der Waals surface area contributed by atoms with Crippen molar-refractivity contribution in [2.24, 2.45) is 0 Å². The van der Waals surface area contributed by atoms with Crippen LogP contribution in [0.1, 0.15) is 18.1 Å². The van der Waals surface area contributed by atoms with Gasteiger partial charge in [-0.3, -0.25) is 4.79 Å². The number of rotatable bonds is 6. The van der Waals surface area contributed by atoms with E-state index in [-0.39, 0.29) is 11.9 Å². The molecule has 2 aromatic rings. The first-order valence-electron chi connectivity index (χ1n) is 8.05. The van der Waals surface area contributed by atoms with Crippen molar-refractivity contribution in [3.05, 3.63) is 52.2 Å². The summed E-state index contributed by atoms with van der Waals surface area (Å²) in [5.41, 5.74) is 0.835. The van der Waals surface area contributed by atoms with Crippen LogP contribution in [0.2, 0.25) is 0 Å². The smallest absolute Gasteiger partial charge is 0.329 e. The molecule has 3 rings (SSSR count). The summed E-state index contributed by atoms with van der Waals surface area (Å²) >= 11 is 1.64. The van der Waals surface area contributed by atoms with Gasteiger partial charge in [-0.15, -0.1) is 0 Å². The van der Waals surface area contributed by atoms with Crippen LogP contribution in [-0.4, -0.2) is 37.7 Å². The molecule has 0 saturated carbocycles. The van der Waals surface area contributed by atoms with Crippen LogP contribution in [0.4, 0.5) is 4.79 Å². The van der Waals surface area contributed by atoms with Gasteiger partial charge in [0.05, 0.1) is 14.2 Å². The number of carbonyl (C=O) groups excluding carboxylic acids is 2. The summed E-state index contributed by atoms with van der Waals surface area (Å²) in [7, 11) is 3.55. The topological polar surface area (TPSA) is 63.1 Å². The number of ether oxygens (including phenoxy) is 1. The molecule has 1 fully saturated rings. The van der Waals surface area contributed by atoms with Crippen LogP contribution in [0, 0.1) is 0 Å².